The Bertz CT molecular complexity index is 215. The molecule has 0 aliphatic rings. The van der Waals surface area contributed by atoms with E-state index in [4.69, 9.17) is 10.2 Å². The second-order valence-electron chi connectivity index (χ2n) is 2.90. The van der Waals surface area contributed by atoms with E-state index in [9.17, 15) is 9.59 Å². The van der Waals surface area contributed by atoms with Gasteiger partial charge in [0.1, 0.15) is 0 Å². The largest absolute Gasteiger partial charge is 0.464 e. The fourth-order valence-corrected chi connectivity index (χ4v) is 1.26. The van der Waals surface area contributed by atoms with Crippen LogP contribution in [0, 0.1) is 0 Å². The SMILES string of the molecule is CCC(CC)N(C(=O)O)N(C)C(=O)O. The molecule has 0 heterocycles. The number of rotatable bonds is 3. The van der Waals surface area contributed by atoms with E-state index in [1.807, 2.05) is 13.8 Å². The van der Waals surface area contributed by atoms with Gasteiger partial charge in [0.15, 0.2) is 0 Å². The van der Waals surface area contributed by atoms with Crippen LogP contribution in [0.2, 0.25) is 0 Å². The van der Waals surface area contributed by atoms with E-state index in [2.05, 4.69) is 0 Å². The van der Waals surface area contributed by atoms with E-state index in [0.717, 1.165) is 5.01 Å². The molecule has 0 aromatic heterocycles. The molecule has 6 nitrogen and oxygen atoms in total. The van der Waals surface area contributed by atoms with Gasteiger partial charge in [0.25, 0.3) is 0 Å². The molecule has 0 bridgehead atoms. The molecular formula is C8H16N2O4. The fourth-order valence-electron chi connectivity index (χ4n) is 1.26. The molecule has 2 N–H and O–H groups in total. The van der Waals surface area contributed by atoms with Crippen molar-refractivity contribution < 1.29 is 19.8 Å². The van der Waals surface area contributed by atoms with Crippen LogP contribution in [0.15, 0.2) is 0 Å². The van der Waals surface area contributed by atoms with Crippen LogP contribution in [-0.4, -0.2) is 45.5 Å². The molecule has 0 saturated carbocycles. The van der Waals surface area contributed by atoms with Crippen LogP contribution in [0.25, 0.3) is 0 Å². The molecule has 0 radical (unpaired) electrons. The molecule has 0 unspecified atom stereocenters. The fraction of sp³-hybridized carbons (Fsp3) is 0.750. The second-order valence-corrected chi connectivity index (χ2v) is 2.90. The minimum Gasteiger partial charge on any atom is -0.464 e. The lowest BCUT2D eigenvalue weighted by atomic mass is 10.2. The Labute approximate surface area is 82.7 Å². The van der Waals surface area contributed by atoms with Gasteiger partial charge in [0.05, 0.1) is 6.04 Å². The molecule has 6 heteroatoms. The molecular weight excluding hydrogens is 188 g/mol. The van der Waals surface area contributed by atoms with E-state index in [1.54, 1.807) is 0 Å². The summed E-state index contributed by atoms with van der Waals surface area (Å²) in [4.78, 5) is 21.4. The maximum atomic E-state index is 10.8. The summed E-state index contributed by atoms with van der Waals surface area (Å²) in [6, 6.07) is -0.298. The Kier molecular flexibility index (Phi) is 4.76. The number of nitrogens with zero attached hydrogens (tertiary/aromatic N) is 2. The highest BCUT2D eigenvalue weighted by atomic mass is 16.4. The van der Waals surface area contributed by atoms with Gasteiger partial charge in [-0.3, -0.25) is 0 Å². The first-order valence-corrected chi connectivity index (χ1v) is 4.44. The Morgan fingerprint density at radius 2 is 1.57 bits per heavy atom. The molecule has 0 aromatic carbocycles. The number of amides is 2. The lowest BCUT2D eigenvalue weighted by Crippen LogP contribution is -2.51. The Morgan fingerprint density at radius 3 is 1.79 bits per heavy atom. The molecule has 0 atom stereocenters. The highest BCUT2D eigenvalue weighted by Gasteiger charge is 2.27. The van der Waals surface area contributed by atoms with Crippen LogP contribution in [-0.2, 0) is 0 Å². The van der Waals surface area contributed by atoms with Gasteiger partial charge in [-0.1, -0.05) is 13.8 Å². The van der Waals surface area contributed by atoms with E-state index < -0.39 is 12.2 Å². The maximum Gasteiger partial charge on any atom is 0.426 e. The average molecular weight is 204 g/mol. The van der Waals surface area contributed by atoms with Crippen LogP contribution >= 0.6 is 0 Å². The lowest BCUT2D eigenvalue weighted by molar-refractivity contribution is -0.0115. The predicted molar refractivity (Wildman–Crippen MR) is 50.0 cm³/mol. The van der Waals surface area contributed by atoms with Gasteiger partial charge in [-0.2, -0.15) is 0 Å². The van der Waals surface area contributed by atoms with Crippen molar-refractivity contribution in [1.29, 1.82) is 0 Å². The van der Waals surface area contributed by atoms with Crippen LogP contribution in [0.3, 0.4) is 0 Å². The second kappa shape index (κ2) is 5.31. The van der Waals surface area contributed by atoms with Gasteiger partial charge < -0.3 is 10.2 Å². The van der Waals surface area contributed by atoms with Crippen molar-refractivity contribution in [3.05, 3.63) is 0 Å². The van der Waals surface area contributed by atoms with E-state index in [0.29, 0.717) is 17.9 Å². The molecule has 0 aliphatic heterocycles. The number of hydrogen-bond donors (Lipinski definition) is 2. The molecule has 0 fully saturated rings. The summed E-state index contributed by atoms with van der Waals surface area (Å²) in [5, 5.41) is 19.0. The number of carboxylic acid groups (broad SMARTS) is 2. The third-order valence-corrected chi connectivity index (χ3v) is 2.08. The minimum atomic E-state index is -1.28. The Balaban J connectivity index is 4.74. The molecule has 0 aromatic rings. The van der Waals surface area contributed by atoms with Gasteiger partial charge in [-0.25, -0.2) is 19.6 Å². The van der Waals surface area contributed by atoms with Gasteiger partial charge in [-0.05, 0) is 12.8 Å². The van der Waals surface area contributed by atoms with Crippen molar-refractivity contribution in [1.82, 2.24) is 10.0 Å². The maximum absolute atomic E-state index is 10.8. The van der Waals surface area contributed by atoms with Crippen molar-refractivity contribution in [3.63, 3.8) is 0 Å². The summed E-state index contributed by atoms with van der Waals surface area (Å²) in [6.45, 7) is 3.64. The highest BCUT2D eigenvalue weighted by Crippen LogP contribution is 2.11. The van der Waals surface area contributed by atoms with Crippen molar-refractivity contribution in [2.75, 3.05) is 7.05 Å². The first kappa shape index (κ1) is 12.5. The lowest BCUT2D eigenvalue weighted by Gasteiger charge is -2.33. The predicted octanol–water partition coefficient (Wildman–Crippen LogP) is 1.68. The van der Waals surface area contributed by atoms with Gasteiger partial charge in [0.2, 0.25) is 0 Å². The van der Waals surface area contributed by atoms with Crippen molar-refractivity contribution in [3.8, 4) is 0 Å². The summed E-state index contributed by atoms with van der Waals surface area (Å²) in [7, 11) is 1.22. The summed E-state index contributed by atoms with van der Waals surface area (Å²) < 4.78 is 0. The normalized spacial score (nSPS) is 10.0. The monoisotopic (exact) mass is 204 g/mol. The third kappa shape index (κ3) is 2.79. The summed E-state index contributed by atoms with van der Waals surface area (Å²) in [6.07, 6.45) is -1.36. The smallest absolute Gasteiger partial charge is 0.426 e. The Hall–Kier alpha value is -1.46. The zero-order chi connectivity index (χ0) is 11.3. The van der Waals surface area contributed by atoms with Gasteiger partial charge >= 0.3 is 12.2 Å². The molecule has 0 aliphatic carbocycles. The average Bonchev–Trinajstić information content (AvgIpc) is 2.12. The molecule has 2 amide bonds. The first-order chi connectivity index (χ1) is 6.45. The standard InChI is InChI=1S/C8H16N2O4/c1-4-6(5-2)10(8(13)14)9(3)7(11)12/h6H,4-5H2,1-3H3,(H,11,12)(H,13,14). The molecule has 0 rings (SSSR count). The van der Waals surface area contributed by atoms with Crippen LogP contribution < -0.4 is 0 Å². The zero-order valence-corrected chi connectivity index (χ0v) is 8.60. The van der Waals surface area contributed by atoms with E-state index >= 15 is 0 Å². The number of carbonyl (C=O) groups is 2. The number of hydrogen-bond acceptors (Lipinski definition) is 2. The van der Waals surface area contributed by atoms with Crippen LogP contribution in [0.5, 0.6) is 0 Å². The van der Waals surface area contributed by atoms with Crippen molar-refractivity contribution >= 4 is 12.2 Å². The van der Waals surface area contributed by atoms with E-state index in [1.165, 1.54) is 7.05 Å². The molecule has 82 valence electrons. The van der Waals surface area contributed by atoms with Crippen LogP contribution in [0.4, 0.5) is 9.59 Å². The Morgan fingerprint density at radius 1 is 1.14 bits per heavy atom. The summed E-state index contributed by atoms with van der Waals surface area (Å²) in [5.41, 5.74) is 0. The minimum absolute atomic E-state index is 0.298. The van der Waals surface area contributed by atoms with E-state index in [-0.39, 0.29) is 6.04 Å². The van der Waals surface area contributed by atoms with Gasteiger partial charge in [-0.15, -0.1) is 0 Å². The molecule has 0 saturated heterocycles. The highest BCUT2D eigenvalue weighted by molar-refractivity contribution is 5.71. The topological polar surface area (TPSA) is 81.1 Å². The van der Waals surface area contributed by atoms with Crippen molar-refractivity contribution in [2.45, 2.75) is 32.7 Å². The molecule has 0 spiro atoms. The quantitative estimate of drug-likeness (QED) is 0.685. The van der Waals surface area contributed by atoms with Crippen molar-refractivity contribution in [2.24, 2.45) is 0 Å². The number of hydrazine groups is 1. The third-order valence-electron chi connectivity index (χ3n) is 2.08. The summed E-state index contributed by atoms with van der Waals surface area (Å²) >= 11 is 0. The zero-order valence-electron chi connectivity index (χ0n) is 8.60. The summed E-state index contributed by atoms with van der Waals surface area (Å²) in [5.74, 6) is 0. The molecule has 14 heavy (non-hydrogen) atoms. The first-order valence-electron chi connectivity index (χ1n) is 4.44. The van der Waals surface area contributed by atoms with Gasteiger partial charge in [0, 0.05) is 7.05 Å². The van der Waals surface area contributed by atoms with Crippen LogP contribution in [0.1, 0.15) is 26.7 Å².